The standard InChI is InChI=1S/C19H20F3N5O/c20-19(21,22)14-7-9-15(10-8-14)28-12-4-11-27-16(13-5-2-1-3-6-13)25-17(23)26-18(27)24/h1-3,5-10,16H,4,11-12H2,(H4,23,24,25,26). The third-order valence-corrected chi connectivity index (χ3v) is 4.16. The first kappa shape index (κ1) is 19.5. The summed E-state index contributed by atoms with van der Waals surface area (Å²) in [4.78, 5) is 10.2. The van der Waals surface area contributed by atoms with Crippen molar-refractivity contribution in [1.82, 2.24) is 4.90 Å². The van der Waals surface area contributed by atoms with Crippen LogP contribution < -0.4 is 16.2 Å². The molecule has 0 spiro atoms. The lowest BCUT2D eigenvalue weighted by molar-refractivity contribution is -0.137. The summed E-state index contributed by atoms with van der Waals surface area (Å²) in [6, 6.07) is 14.1. The molecule has 1 aliphatic heterocycles. The first-order chi connectivity index (χ1) is 13.3. The summed E-state index contributed by atoms with van der Waals surface area (Å²) in [6.07, 6.45) is -4.18. The first-order valence-electron chi connectivity index (χ1n) is 8.63. The highest BCUT2D eigenvalue weighted by molar-refractivity contribution is 5.95. The van der Waals surface area contributed by atoms with Gasteiger partial charge in [-0.3, -0.25) is 0 Å². The third-order valence-electron chi connectivity index (χ3n) is 4.16. The van der Waals surface area contributed by atoms with Gasteiger partial charge in [0.2, 0.25) is 11.9 Å². The number of ether oxygens (including phenoxy) is 1. The van der Waals surface area contributed by atoms with Crippen molar-refractivity contribution in [3.63, 3.8) is 0 Å². The Morgan fingerprint density at radius 2 is 1.68 bits per heavy atom. The molecule has 0 aliphatic carbocycles. The van der Waals surface area contributed by atoms with Gasteiger partial charge in [-0.15, -0.1) is 0 Å². The number of nitrogens with two attached hydrogens (primary N) is 2. The van der Waals surface area contributed by atoms with Crippen molar-refractivity contribution in [2.24, 2.45) is 21.5 Å². The number of hydrogen-bond acceptors (Lipinski definition) is 6. The Hall–Kier alpha value is -3.23. The van der Waals surface area contributed by atoms with Gasteiger partial charge in [0.15, 0.2) is 6.17 Å². The fraction of sp³-hybridized carbons (Fsp3) is 0.263. The molecule has 0 saturated carbocycles. The number of guanidine groups is 2. The van der Waals surface area contributed by atoms with Gasteiger partial charge in [-0.25, -0.2) is 4.99 Å². The van der Waals surface area contributed by atoms with Gasteiger partial charge in [0.05, 0.1) is 12.2 Å². The van der Waals surface area contributed by atoms with Crippen LogP contribution in [0.3, 0.4) is 0 Å². The molecule has 3 rings (SSSR count). The van der Waals surface area contributed by atoms with Crippen LogP contribution in [0, 0.1) is 0 Å². The normalized spacial score (nSPS) is 17.1. The summed E-state index contributed by atoms with van der Waals surface area (Å²) in [6.45, 7) is 0.794. The van der Waals surface area contributed by atoms with E-state index >= 15 is 0 Å². The van der Waals surface area contributed by atoms with E-state index < -0.39 is 11.7 Å². The Bertz CT molecular complexity index is 850. The van der Waals surface area contributed by atoms with E-state index in [0.717, 1.165) is 17.7 Å². The molecule has 2 aromatic rings. The Kier molecular flexibility index (Phi) is 5.72. The second kappa shape index (κ2) is 8.20. The molecule has 1 aliphatic rings. The average molecular weight is 391 g/mol. The molecule has 148 valence electrons. The van der Waals surface area contributed by atoms with Gasteiger partial charge in [-0.1, -0.05) is 30.3 Å². The molecule has 1 unspecified atom stereocenters. The molecule has 0 saturated heterocycles. The largest absolute Gasteiger partial charge is 0.494 e. The van der Waals surface area contributed by atoms with Gasteiger partial charge in [-0.2, -0.15) is 18.2 Å². The molecule has 28 heavy (non-hydrogen) atoms. The van der Waals surface area contributed by atoms with Crippen LogP contribution in [0.1, 0.15) is 23.7 Å². The van der Waals surface area contributed by atoms with Gasteiger partial charge in [0.1, 0.15) is 5.75 Å². The Morgan fingerprint density at radius 3 is 2.32 bits per heavy atom. The van der Waals surface area contributed by atoms with Crippen LogP contribution in [0.2, 0.25) is 0 Å². The van der Waals surface area contributed by atoms with E-state index in [9.17, 15) is 13.2 Å². The Labute approximate surface area is 160 Å². The number of alkyl halides is 3. The highest BCUT2D eigenvalue weighted by Gasteiger charge is 2.30. The van der Waals surface area contributed by atoms with Gasteiger partial charge in [0, 0.05) is 6.54 Å². The molecule has 2 aromatic carbocycles. The maximum Gasteiger partial charge on any atom is 0.416 e. The number of rotatable bonds is 6. The van der Waals surface area contributed by atoms with Crippen molar-refractivity contribution < 1.29 is 17.9 Å². The number of benzene rings is 2. The fourth-order valence-corrected chi connectivity index (χ4v) is 2.81. The van der Waals surface area contributed by atoms with E-state index in [4.69, 9.17) is 16.2 Å². The molecular weight excluding hydrogens is 371 g/mol. The van der Waals surface area contributed by atoms with Crippen LogP contribution in [0.15, 0.2) is 64.6 Å². The third kappa shape index (κ3) is 4.73. The molecular formula is C19H20F3N5O. The Balaban J connectivity index is 1.58. The monoisotopic (exact) mass is 391 g/mol. The van der Waals surface area contributed by atoms with E-state index in [1.54, 1.807) is 0 Å². The van der Waals surface area contributed by atoms with Crippen LogP contribution in [-0.4, -0.2) is 30.0 Å². The molecule has 0 bridgehead atoms. The second-order valence-corrected chi connectivity index (χ2v) is 6.16. The zero-order chi connectivity index (χ0) is 20.1. The van der Waals surface area contributed by atoms with E-state index in [1.165, 1.54) is 12.1 Å². The molecule has 0 fully saturated rings. The number of nitrogens with zero attached hydrogens (tertiary/aromatic N) is 3. The maximum atomic E-state index is 12.6. The van der Waals surface area contributed by atoms with Crippen LogP contribution in [0.4, 0.5) is 13.2 Å². The van der Waals surface area contributed by atoms with Crippen molar-refractivity contribution in [3.05, 3.63) is 65.7 Å². The minimum Gasteiger partial charge on any atom is -0.494 e. The highest BCUT2D eigenvalue weighted by Crippen LogP contribution is 2.30. The minimum atomic E-state index is -4.36. The van der Waals surface area contributed by atoms with Crippen molar-refractivity contribution in [2.75, 3.05) is 13.2 Å². The predicted molar refractivity (Wildman–Crippen MR) is 101 cm³/mol. The molecule has 1 heterocycles. The number of halogens is 3. The van der Waals surface area contributed by atoms with Crippen LogP contribution in [0.25, 0.3) is 0 Å². The minimum absolute atomic E-state index is 0.114. The van der Waals surface area contributed by atoms with Crippen molar-refractivity contribution in [2.45, 2.75) is 18.8 Å². The van der Waals surface area contributed by atoms with Gasteiger partial charge >= 0.3 is 6.18 Å². The predicted octanol–water partition coefficient (Wildman–Crippen LogP) is 3.12. The second-order valence-electron chi connectivity index (χ2n) is 6.16. The summed E-state index contributed by atoms with van der Waals surface area (Å²) in [5.41, 5.74) is 12.0. The smallest absolute Gasteiger partial charge is 0.416 e. The zero-order valence-corrected chi connectivity index (χ0v) is 14.9. The van der Waals surface area contributed by atoms with Crippen molar-refractivity contribution in [1.29, 1.82) is 0 Å². The van der Waals surface area contributed by atoms with Crippen molar-refractivity contribution >= 4 is 11.9 Å². The van der Waals surface area contributed by atoms with E-state index in [2.05, 4.69) is 9.98 Å². The molecule has 0 amide bonds. The lowest BCUT2D eigenvalue weighted by Gasteiger charge is -2.32. The molecule has 0 radical (unpaired) electrons. The molecule has 1 atom stereocenters. The van der Waals surface area contributed by atoms with Crippen LogP contribution in [0.5, 0.6) is 5.75 Å². The van der Waals surface area contributed by atoms with Gasteiger partial charge < -0.3 is 21.1 Å². The number of hydrogen-bond donors (Lipinski definition) is 2. The fourth-order valence-electron chi connectivity index (χ4n) is 2.81. The molecule has 9 heteroatoms. The summed E-state index contributed by atoms with van der Waals surface area (Å²) in [7, 11) is 0. The Morgan fingerprint density at radius 1 is 1.00 bits per heavy atom. The summed E-state index contributed by atoms with van der Waals surface area (Å²) >= 11 is 0. The summed E-state index contributed by atoms with van der Waals surface area (Å²) < 4.78 is 43.3. The van der Waals surface area contributed by atoms with Crippen molar-refractivity contribution in [3.8, 4) is 5.75 Å². The number of aliphatic imine (C=N–C) groups is 2. The summed E-state index contributed by atoms with van der Waals surface area (Å²) in [5, 5.41) is 0. The topological polar surface area (TPSA) is 89.2 Å². The lowest BCUT2D eigenvalue weighted by atomic mass is 10.1. The van der Waals surface area contributed by atoms with Crippen LogP contribution >= 0.6 is 0 Å². The molecule has 0 aromatic heterocycles. The molecule has 6 nitrogen and oxygen atoms in total. The van der Waals surface area contributed by atoms with E-state index in [0.29, 0.717) is 25.3 Å². The maximum absolute atomic E-state index is 12.6. The van der Waals surface area contributed by atoms with Crippen LogP contribution in [-0.2, 0) is 6.18 Å². The van der Waals surface area contributed by atoms with Gasteiger partial charge in [-0.05, 0) is 36.2 Å². The highest BCUT2D eigenvalue weighted by atomic mass is 19.4. The van der Waals surface area contributed by atoms with E-state index in [-0.39, 0.29) is 18.1 Å². The zero-order valence-electron chi connectivity index (χ0n) is 14.9. The quantitative estimate of drug-likeness (QED) is 0.741. The first-order valence-corrected chi connectivity index (χ1v) is 8.63. The van der Waals surface area contributed by atoms with Gasteiger partial charge in [0.25, 0.3) is 0 Å². The lowest BCUT2D eigenvalue weighted by Crippen LogP contribution is -2.44. The molecule has 4 N–H and O–H groups in total. The average Bonchev–Trinajstić information content (AvgIpc) is 2.66. The van der Waals surface area contributed by atoms with E-state index in [1.807, 2.05) is 35.2 Å². The summed E-state index contributed by atoms with van der Waals surface area (Å²) in [5.74, 6) is 0.745. The SMILES string of the molecule is NC1=NC(c2ccccc2)N(CCCOc2ccc(C(F)(F)F)cc2)C(N)=N1.